The van der Waals surface area contributed by atoms with Crippen LogP contribution in [-0.2, 0) is 6.42 Å². The first-order valence-electron chi connectivity index (χ1n) is 6.57. The number of nitrogens with one attached hydrogen (secondary N) is 2. The lowest BCUT2D eigenvalue weighted by molar-refractivity contribution is 0.341. The molecule has 0 spiro atoms. The summed E-state index contributed by atoms with van der Waals surface area (Å²) in [7, 11) is 0. The van der Waals surface area contributed by atoms with Crippen LogP contribution in [0, 0.1) is 5.82 Å². The summed E-state index contributed by atoms with van der Waals surface area (Å²) in [6.07, 6.45) is 3.43. The Morgan fingerprint density at radius 1 is 1.24 bits per heavy atom. The third-order valence-electron chi connectivity index (χ3n) is 4.02. The minimum absolute atomic E-state index is 0.0980. The van der Waals surface area contributed by atoms with E-state index in [2.05, 4.69) is 10.6 Å². The van der Waals surface area contributed by atoms with E-state index in [9.17, 15) is 4.39 Å². The Labute approximate surface area is 102 Å². The molecule has 3 rings (SSSR count). The average Bonchev–Trinajstić information content (AvgIpc) is 2.39. The first-order valence-corrected chi connectivity index (χ1v) is 6.57. The van der Waals surface area contributed by atoms with Gasteiger partial charge < -0.3 is 10.6 Å². The van der Waals surface area contributed by atoms with E-state index in [1.54, 1.807) is 12.1 Å². The molecule has 0 aromatic heterocycles. The second kappa shape index (κ2) is 4.75. The van der Waals surface area contributed by atoms with Gasteiger partial charge >= 0.3 is 0 Å². The fourth-order valence-corrected chi connectivity index (χ4v) is 3.20. The highest BCUT2D eigenvalue weighted by atomic mass is 19.1. The Bertz CT molecular complexity index is 399. The van der Waals surface area contributed by atoms with Gasteiger partial charge in [0.15, 0.2) is 0 Å². The lowest BCUT2D eigenvalue weighted by Crippen LogP contribution is -2.51. The summed E-state index contributed by atoms with van der Waals surface area (Å²) in [5, 5.41) is 7.03. The zero-order valence-electron chi connectivity index (χ0n) is 10.0. The van der Waals surface area contributed by atoms with E-state index in [1.165, 1.54) is 24.0 Å². The molecule has 1 aliphatic heterocycles. The highest BCUT2D eigenvalue weighted by Gasteiger charge is 2.28. The van der Waals surface area contributed by atoms with Crippen LogP contribution in [0.1, 0.15) is 29.9 Å². The zero-order valence-corrected chi connectivity index (χ0v) is 10.0. The van der Waals surface area contributed by atoms with Crippen molar-refractivity contribution in [3.05, 3.63) is 35.1 Å². The summed E-state index contributed by atoms with van der Waals surface area (Å²) in [5.74, 6) is 0.450. The standard InChI is InChI=1S/C14H19FN2/c15-11-4-5-12-10(8-11)2-1-3-13(12)14-9-16-6-7-17-14/h4-5,8,13-14,16-17H,1-3,6-7,9H2. The van der Waals surface area contributed by atoms with Crippen molar-refractivity contribution in [2.75, 3.05) is 19.6 Å². The van der Waals surface area contributed by atoms with Gasteiger partial charge in [-0.05, 0) is 42.5 Å². The molecular formula is C14H19FN2. The van der Waals surface area contributed by atoms with Crippen molar-refractivity contribution in [2.24, 2.45) is 0 Å². The van der Waals surface area contributed by atoms with Gasteiger partial charge in [0.05, 0.1) is 0 Å². The molecule has 0 bridgehead atoms. The summed E-state index contributed by atoms with van der Waals surface area (Å²) < 4.78 is 13.2. The molecule has 92 valence electrons. The molecule has 2 aliphatic rings. The smallest absolute Gasteiger partial charge is 0.123 e. The van der Waals surface area contributed by atoms with E-state index in [-0.39, 0.29) is 5.82 Å². The second-order valence-corrected chi connectivity index (χ2v) is 5.11. The maximum absolute atomic E-state index is 13.2. The predicted octanol–water partition coefficient (Wildman–Crippen LogP) is 1.81. The lowest BCUT2D eigenvalue weighted by Gasteiger charge is -2.35. The first kappa shape index (κ1) is 11.2. The van der Waals surface area contributed by atoms with Crippen molar-refractivity contribution < 1.29 is 4.39 Å². The summed E-state index contributed by atoms with van der Waals surface area (Å²) in [4.78, 5) is 0. The normalized spacial score (nSPS) is 28.8. The molecule has 0 saturated carbocycles. The van der Waals surface area contributed by atoms with Crippen LogP contribution in [-0.4, -0.2) is 25.7 Å². The molecule has 1 aliphatic carbocycles. The number of benzene rings is 1. The maximum atomic E-state index is 13.2. The zero-order chi connectivity index (χ0) is 11.7. The van der Waals surface area contributed by atoms with Crippen LogP contribution in [0.15, 0.2) is 18.2 Å². The van der Waals surface area contributed by atoms with Gasteiger partial charge in [0, 0.05) is 31.6 Å². The van der Waals surface area contributed by atoms with Gasteiger partial charge in [-0.2, -0.15) is 0 Å². The highest BCUT2D eigenvalue weighted by Crippen LogP contribution is 2.34. The monoisotopic (exact) mass is 234 g/mol. The number of piperazine rings is 1. The van der Waals surface area contributed by atoms with Crippen LogP contribution in [0.5, 0.6) is 0 Å². The molecule has 0 radical (unpaired) electrons. The predicted molar refractivity (Wildman–Crippen MR) is 66.7 cm³/mol. The first-order chi connectivity index (χ1) is 8.34. The van der Waals surface area contributed by atoms with Crippen molar-refractivity contribution >= 4 is 0 Å². The summed E-state index contributed by atoms with van der Waals surface area (Å²) in [6, 6.07) is 5.82. The molecule has 2 unspecified atom stereocenters. The Balaban J connectivity index is 1.88. The van der Waals surface area contributed by atoms with Crippen molar-refractivity contribution in [2.45, 2.75) is 31.2 Å². The Morgan fingerprint density at radius 2 is 2.18 bits per heavy atom. The Hall–Kier alpha value is -0.930. The van der Waals surface area contributed by atoms with E-state index in [0.29, 0.717) is 12.0 Å². The summed E-state index contributed by atoms with van der Waals surface area (Å²) >= 11 is 0. The average molecular weight is 234 g/mol. The van der Waals surface area contributed by atoms with Crippen molar-refractivity contribution in [1.82, 2.24) is 10.6 Å². The van der Waals surface area contributed by atoms with Gasteiger partial charge in [-0.1, -0.05) is 6.07 Å². The number of hydrogen-bond donors (Lipinski definition) is 2. The molecule has 1 aromatic carbocycles. The number of rotatable bonds is 1. The van der Waals surface area contributed by atoms with Gasteiger partial charge in [-0.3, -0.25) is 0 Å². The van der Waals surface area contributed by atoms with Crippen LogP contribution in [0.25, 0.3) is 0 Å². The number of aryl methyl sites for hydroxylation is 1. The number of fused-ring (bicyclic) bond motifs is 1. The van der Waals surface area contributed by atoms with Crippen molar-refractivity contribution in [1.29, 1.82) is 0 Å². The number of hydrogen-bond acceptors (Lipinski definition) is 2. The molecule has 1 saturated heterocycles. The molecule has 2 atom stereocenters. The minimum atomic E-state index is -0.0980. The van der Waals surface area contributed by atoms with Crippen LogP contribution < -0.4 is 10.6 Å². The minimum Gasteiger partial charge on any atom is -0.314 e. The fourth-order valence-electron chi connectivity index (χ4n) is 3.20. The van der Waals surface area contributed by atoms with Gasteiger partial charge in [0.25, 0.3) is 0 Å². The maximum Gasteiger partial charge on any atom is 0.123 e. The second-order valence-electron chi connectivity index (χ2n) is 5.11. The van der Waals surface area contributed by atoms with Crippen LogP contribution in [0.3, 0.4) is 0 Å². The SMILES string of the molecule is Fc1ccc2c(c1)CCCC2C1CNCCN1. The van der Waals surface area contributed by atoms with Gasteiger partial charge in [0.2, 0.25) is 0 Å². The summed E-state index contributed by atoms with van der Waals surface area (Å²) in [6.45, 7) is 3.12. The van der Waals surface area contributed by atoms with Gasteiger partial charge in [-0.15, -0.1) is 0 Å². The molecule has 1 heterocycles. The van der Waals surface area contributed by atoms with Crippen molar-refractivity contribution in [3.63, 3.8) is 0 Å². The van der Waals surface area contributed by atoms with Crippen LogP contribution >= 0.6 is 0 Å². The molecule has 17 heavy (non-hydrogen) atoms. The van der Waals surface area contributed by atoms with E-state index in [4.69, 9.17) is 0 Å². The van der Waals surface area contributed by atoms with E-state index >= 15 is 0 Å². The molecular weight excluding hydrogens is 215 g/mol. The largest absolute Gasteiger partial charge is 0.314 e. The Kier molecular flexibility index (Phi) is 3.12. The molecule has 1 fully saturated rings. The molecule has 0 amide bonds. The molecule has 3 heteroatoms. The quantitative estimate of drug-likeness (QED) is 0.774. The van der Waals surface area contributed by atoms with Crippen molar-refractivity contribution in [3.8, 4) is 0 Å². The topological polar surface area (TPSA) is 24.1 Å². The molecule has 2 N–H and O–H groups in total. The highest BCUT2D eigenvalue weighted by molar-refractivity contribution is 5.34. The van der Waals surface area contributed by atoms with E-state index in [0.717, 1.165) is 26.1 Å². The third kappa shape index (κ3) is 2.22. The Morgan fingerprint density at radius 3 is 3.00 bits per heavy atom. The number of halogens is 1. The van der Waals surface area contributed by atoms with Crippen LogP contribution in [0.2, 0.25) is 0 Å². The van der Waals surface area contributed by atoms with Gasteiger partial charge in [0.1, 0.15) is 5.82 Å². The van der Waals surface area contributed by atoms with Gasteiger partial charge in [-0.25, -0.2) is 4.39 Å². The third-order valence-corrected chi connectivity index (χ3v) is 4.02. The van der Waals surface area contributed by atoms with E-state index in [1.807, 2.05) is 6.07 Å². The van der Waals surface area contributed by atoms with E-state index < -0.39 is 0 Å². The molecule has 2 nitrogen and oxygen atoms in total. The fraction of sp³-hybridized carbons (Fsp3) is 0.571. The molecule has 1 aromatic rings. The van der Waals surface area contributed by atoms with Crippen LogP contribution in [0.4, 0.5) is 4.39 Å². The summed E-state index contributed by atoms with van der Waals surface area (Å²) in [5.41, 5.74) is 2.58. The lowest BCUT2D eigenvalue weighted by atomic mass is 9.78.